The van der Waals surface area contributed by atoms with Crippen molar-refractivity contribution in [3.05, 3.63) is 59.2 Å². The van der Waals surface area contributed by atoms with Crippen LogP contribution in [-0.4, -0.2) is 14.7 Å². The van der Waals surface area contributed by atoms with Crippen LogP contribution in [-0.2, 0) is 10.0 Å². The van der Waals surface area contributed by atoms with Gasteiger partial charge in [0.1, 0.15) is 0 Å². The van der Waals surface area contributed by atoms with Crippen molar-refractivity contribution in [2.75, 3.05) is 16.3 Å². The first-order valence-electron chi connectivity index (χ1n) is 7.13. The van der Waals surface area contributed by atoms with Crippen LogP contribution in [0.1, 0.15) is 29.7 Å². The zero-order chi connectivity index (χ0) is 17.0. The van der Waals surface area contributed by atoms with E-state index in [1.165, 1.54) is 0 Å². The van der Waals surface area contributed by atoms with Gasteiger partial charge in [0, 0.05) is 11.7 Å². The average molecular weight is 329 g/mol. The summed E-state index contributed by atoms with van der Waals surface area (Å²) in [5, 5.41) is 12.2. The number of nitrogens with zero attached hydrogens (tertiary/aromatic N) is 1. The summed E-state index contributed by atoms with van der Waals surface area (Å²) in [5.74, 6) is 0. The van der Waals surface area contributed by atoms with Gasteiger partial charge in [-0.1, -0.05) is 18.2 Å². The van der Waals surface area contributed by atoms with Crippen LogP contribution in [0.5, 0.6) is 0 Å². The molecule has 0 fully saturated rings. The van der Waals surface area contributed by atoms with E-state index in [0.29, 0.717) is 11.3 Å². The lowest BCUT2D eigenvalue weighted by molar-refractivity contribution is 0.607. The van der Waals surface area contributed by atoms with E-state index in [2.05, 4.69) is 16.1 Å². The molecule has 5 nitrogen and oxygen atoms in total. The van der Waals surface area contributed by atoms with Crippen LogP contribution in [0.2, 0.25) is 0 Å². The van der Waals surface area contributed by atoms with Crippen molar-refractivity contribution in [3.63, 3.8) is 0 Å². The van der Waals surface area contributed by atoms with Crippen LogP contribution in [0.25, 0.3) is 0 Å². The molecular formula is C17H19N3O2S. The summed E-state index contributed by atoms with van der Waals surface area (Å²) in [6, 6.07) is 15.0. The van der Waals surface area contributed by atoms with Gasteiger partial charge in [0.25, 0.3) is 0 Å². The maximum atomic E-state index is 11.4. The molecule has 0 aromatic heterocycles. The normalized spacial score (nSPS) is 12.3. The molecule has 0 heterocycles. The number of rotatable bonds is 5. The number of aryl methyl sites for hydroxylation is 1. The molecule has 0 aliphatic rings. The Morgan fingerprint density at radius 2 is 1.78 bits per heavy atom. The van der Waals surface area contributed by atoms with Gasteiger partial charge in [-0.15, -0.1) is 0 Å². The summed E-state index contributed by atoms with van der Waals surface area (Å²) >= 11 is 0. The Kier molecular flexibility index (Phi) is 4.92. The van der Waals surface area contributed by atoms with Crippen molar-refractivity contribution in [3.8, 4) is 6.07 Å². The lowest BCUT2D eigenvalue weighted by Gasteiger charge is -2.17. The molecule has 0 saturated carbocycles. The van der Waals surface area contributed by atoms with E-state index < -0.39 is 10.0 Å². The Labute approximate surface area is 137 Å². The number of hydrogen-bond acceptors (Lipinski definition) is 4. The third kappa shape index (κ3) is 4.73. The Balaban J connectivity index is 2.19. The molecule has 2 aromatic carbocycles. The SMILES string of the molecule is Cc1ccc(NC(C)c2ccc(C#N)cc2)cc1NS(C)(=O)=O. The molecule has 23 heavy (non-hydrogen) atoms. The first-order chi connectivity index (χ1) is 10.8. The maximum absolute atomic E-state index is 11.4. The van der Waals surface area contributed by atoms with E-state index in [1.807, 2.05) is 38.1 Å². The Hall–Kier alpha value is -2.52. The molecule has 0 saturated heterocycles. The molecule has 0 spiro atoms. The zero-order valence-electron chi connectivity index (χ0n) is 13.3. The molecule has 0 radical (unpaired) electrons. The zero-order valence-corrected chi connectivity index (χ0v) is 14.1. The number of sulfonamides is 1. The lowest BCUT2D eigenvalue weighted by atomic mass is 10.1. The number of anilines is 2. The largest absolute Gasteiger partial charge is 0.378 e. The summed E-state index contributed by atoms with van der Waals surface area (Å²) in [7, 11) is -3.31. The van der Waals surface area contributed by atoms with Crippen LogP contribution in [0, 0.1) is 18.3 Å². The minimum atomic E-state index is -3.31. The topological polar surface area (TPSA) is 82.0 Å². The van der Waals surface area contributed by atoms with Crippen LogP contribution < -0.4 is 10.0 Å². The van der Waals surface area contributed by atoms with Gasteiger partial charge in [-0.3, -0.25) is 4.72 Å². The van der Waals surface area contributed by atoms with Crippen LogP contribution >= 0.6 is 0 Å². The molecular weight excluding hydrogens is 310 g/mol. The smallest absolute Gasteiger partial charge is 0.229 e. The van der Waals surface area contributed by atoms with Crippen molar-refractivity contribution in [1.29, 1.82) is 5.26 Å². The highest BCUT2D eigenvalue weighted by Crippen LogP contribution is 2.25. The van der Waals surface area contributed by atoms with E-state index in [-0.39, 0.29) is 6.04 Å². The van der Waals surface area contributed by atoms with Crippen LogP contribution in [0.4, 0.5) is 11.4 Å². The van der Waals surface area contributed by atoms with Crippen molar-refractivity contribution in [2.24, 2.45) is 0 Å². The second-order valence-electron chi connectivity index (χ2n) is 5.50. The van der Waals surface area contributed by atoms with Gasteiger partial charge in [0.2, 0.25) is 10.0 Å². The van der Waals surface area contributed by atoms with E-state index in [0.717, 1.165) is 23.1 Å². The van der Waals surface area contributed by atoms with Crippen LogP contribution in [0.15, 0.2) is 42.5 Å². The van der Waals surface area contributed by atoms with Gasteiger partial charge < -0.3 is 5.32 Å². The number of hydrogen-bond donors (Lipinski definition) is 2. The highest BCUT2D eigenvalue weighted by Gasteiger charge is 2.09. The second-order valence-corrected chi connectivity index (χ2v) is 7.25. The minimum Gasteiger partial charge on any atom is -0.378 e. The van der Waals surface area contributed by atoms with E-state index >= 15 is 0 Å². The molecule has 2 aromatic rings. The van der Waals surface area contributed by atoms with Crippen molar-refractivity contribution >= 4 is 21.4 Å². The van der Waals surface area contributed by atoms with Crippen molar-refractivity contribution < 1.29 is 8.42 Å². The summed E-state index contributed by atoms with van der Waals surface area (Å²) in [6.07, 6.45) is 1.13. The van der Waals surface area contributed by atoms with Crippen molar-refractivity contribution in [2.45, 2.75) is 19.9 Å². The van der Waals surface area contributed by atoms with E-state index in [9.17, 15) is 8.42 Å². The second kappa shape index (κ2) is 6.71. The molecule has 0 amide bonds. The minimum absolute atomic E-state index is 0.0246. The number of nitrogens with one attached hydrogen (secondary N) is 2. The third-order valence-electron chi connectivity index (χ3n) is 3.46. The molecule has 1 atom stereocenters. The first kappa shape index (κ1) is 16.8. The predicted molar refractivity (Wildman–Crippen MR) is 92.8 cm³/mol. The maximum Gasteiger partial charge on any atom is 0.229 e. The number of benzene rings is 2. The van der Waals surface area contributed by atoms with Gasteiger partial charge in [-0.25, -0.2) is 8.42 Å². The summed E-state index contributed by atoms with van der Waals surface area (Å²) < 4.78 is 25.3. The monoisotopic (exact) mass is 329 g/mol. The van der Waals surface area contributed by atoms with E-state index in [1.54, 1.807) is 18.2 Å². The van der Waals surface area contributed by atoms with Gasteiger partial charge >= 0.3 is 0 Å². The highest BCUT2D eigenvalue weighted by molar-refractivity contribution is 7.92. The van der Waals surface area contributed by atoms with Gasteiger partial charge in [-0.05, 0) is 49.2 Å². The van der Waals surface area contributed by atoms with Gasteiger partial charge in [-0.2, -0.15) is 5.26 Å². The molecule has 120 valence electrons. The Morgan fingerprint density at radius 1 is 1.13 bits per heavy atom. The summed E-state index contributed by atoms with van der Waals surface area (Å²) in [5.41, 5.74) is 3.90. The average Bonchev–Trinajstić information content (AvgIpc) is 2.49. The summed E-state index contributed by atoms with van der Waals surface area (Å²) in [4.78, 5) is 0. The Bertz CT molecular complexity index is 837. The van der Waals surface area contributed by atoms with Crippen molar-refractivity contribution in [1.82, 2.24) is 0 Å². The molecule has 2 rings (SSSR count). The molecule has 0 aliphatic carbocycles. The molecule has 0 bridgehead atoms. The summed E-state index contributed by atoms with van der Waals surface area (Å²) in [6.45, 7) is 3.85. The molecule has 1 unspecified atom stereocenters. The highest BCUT2D eigenvalue weighted by atomic mass is 32.2. The molecule has 2 N–H and O–H groups in total. The standard InChI is InChI=1S/C17H19N3O2S/c1-12-4-9-16(10-17(12)20-23(3,21)22)19-13(2)15-7-5-14(11-18)6-8-15/h4-10,13,19-20H,1-3H3. The third-order valence-corrected chi connectivity index (χ3v) is 4.05. The fourth-order valence-corrected chi connectivity index (χ4v) is 2.82. The van der Waals surface area contributed by atoms with E-state index in [4.69, 9.17) is 5.26 Å². The predicted octanol–water partition coefficient (Wildman–Crippen LogP) is 3.41. The Morgan fingerprint density at radius 3 is 2.35 bits per heavy atom. The quantitative estimate of drug-likeness (QED) is 0.880. The lowest BCUT2D eigenvalue weighted by Crippen LogP contribution is -2.12. The molecule has 0 aliphatic heterocycles. The van der Waals surface area contributed by atoms with Gasteiger partial charge in [0.15, 0.2) is 0 Å². The first-order valence-corrected chi connectivity index (χ1v) is 9.02. The van der Waals surface area contributed by atoms with Crippen LogP contribution in [0.3, 0.4) is 0 Å². The molecule has 6 heteroatoms. The van der Waals surface area contributed by atoms with Gasteiger partial charge in [0.05, 0.1) is 23.6 Å². The number of nitriles is 1. The fourth-order valence-electron chi connectivity index (χ4n) is 2.20. The fraction of sp³-hybridized carbons (Fsp3) is 0.235.